The van der Waals surface area contributed by atoms with Gasteiger partial charge in [-0.3, -0.25) is 19.8 Å². The zero-order valence-electron chi connectivity index (χ0n) is 12.0. The smallest absolute Gasteiger partial charge is 0.330 e. The fraction of sp³-hybridized carbons (Fsp3) is 0.769. The van der Waals surface area contributed by atoms with Gasteiger partial charge in [0.2, 0.25) is 11.8 Å². The highest BCUT2D eigenvalue weighted by Crippen LogP contribution is 2.44. The number of ether oxygens (including phenoxy) is 1. The van der Waals surface area contributed by atoms with E-state index in [0.717, 1.165) is 17.9 Å². The van der Waals surface area contributed by atoms with Crippen LogP contribution >= 0.6 is 0 Å². The van der Waals surface area contributed by atoms with Gasteiger partial charge in [-0.15, -0.1) is 0 Å². The van der Waals surface area contributed by atoms with Gasteiger partial charge in [0.25, 0.3) is 0 Å². The Morgan fingerprint density at radius 1 is 1.25 bits per heavy atom. The molecule has 1 spiro atoms. The Labute approximate surface area is 118 Å². The van der Waals surface area contributed by atoms with Crippen LogP contribution in [0.15, 0.2) is 0 Å². The van der Waals surface area contributed by atoms with Crippen molar-refractivity contribution in [1.82, 2.24) is 15.1 Å². The van der Waals surface area contributed by atoms with Crippen molar-refractivity contribution in [1.29, 1.82) is 0 Å². The summed E-state index contributed by atoms with van der Waals surface area (Å²) < 4.78 is 5.39. The molecule has 7 nitrogen and oxygen atoms in total. The predicted octanol–water partition coefficient (Wildman–Crippen LogP) is -0.187. The van der Waals surface area contributed by atoms with Gasteiger partial charge in [-0.05, 0) is 26.9 Å². The number of hydrogen-bond acceptors (Lipinski definition) is 5. The van der Waals surface area contributed by atoms with Gasteiger partial charge in [-0.25, -0.2) is 4.79 Å². The molecule has 7 heteroatoms. The van der Waals surface area contributed by atoms with Gasteiger partial charge >= 0.3 is 6.03 Å². The average molecular weight is 283 g/mol. The predicted molar refractivity (Wildman–Crippen MR) is 70.9 cm³/mol. The number of barbiturate groups is 1. The summed E-state index contributed by atoms with van der Waals surface area (Å²) in [5.74, 6) is -0.808. The second kappa shape index (κ2) is 5.88. The maximum atomic E-state index is 12.3. The Bertz CT molecular complexity index is 418. The van der Waals surface area contributed by atoms with Crippen molar-refractivity contribution in [2.24, 2.45) is 5.41 Å². The molecule has 0 atom stereocenters. The number of hydrogen-bond donors (Lipinski definition) is 1. The third-order valence-electron chi connectivity index (χ3n) is 3.90. The summed E-state index contributed by atoms with van der Waals surface area (Å²) in [7, 11) is 3.88. The Balaban J connectivity index is 1.85. The SMILES string of the molecule is CN(C)CCOCCN1C(=O)NC(=O)C2(CCC2)C1=O. The highest BCUT2D eigenvalue weighted by atomic mass is 16.5. The van der Waals surface area contributed by atoms with Crippen LogP contribution in [0.3, 0.4) is 0 Å². The summed E-state index contributed by atoms with van der Waals surface area (Å²) in [4.78, 5) is 38.9. The van der Waals surface area contributed by atoms with E-state index in [1.165, 1.54) is 0 Å². The minimum atomic E-state index is -0.989. The normalized spacial score (nSPS) is 21.4. The molecule has 2 rings (SSSR count). The van der Waals surface area contributed by atoms with Crippen LogP contribution in [0, 0.1) is 5.41 Å². The van der Waals surface area contributed by atoms with Crippen LogP contribution in [0.4, 0.5) is 4.79 Å². The third-order valence-corrected chi connectivity index (χ3v) is 3.90. The number of carbonyl (C=O) groups excluding carboxylic acids is 3. The topological polar surface area (TPSA) is 79.0 Å². The number of likely N-dealkylation sites (N-methyl/N-ethyl adjacent to an activating group) is 1. The van der Waals surface area contributed by atoms with Crippen molar-refractivity contribution in [3.05, 3.63) is 0 Å². The van der Waals surface area contributed by atoms with Crippen molar-refractivity contribution >= 4 is 17.8 Å². The number of rotatable bonds is 6. The molecule has 1 saturated carbocycles. The third kappa shape index (κ3) is 2.69. The molecule has 0 radical (unpaired) electrons. The summed E-state index contributed by atoms with van der Waals surface area (Å²) in [6, 6.07) is -0.631. The van der Waals surface area contributed by atoms with Gasteiger partial charge in [0.15, 0.2) is 0 Å². The minimum Gasteiger partial charge on any atom is -0.378 e. The number of urea groups is 1. The first kappa shape index (κ1) is 14.9. The van der Waals surface area contributed by atoms with E-state index < -0.39 is 17.4 Å². The number of imide groups is 2. The Kier molecular flexibility index (Phi) is 4.39. The number of nitrogens with zero attached hydrogens (tertiary/aromatic N) is 2. The second-order valence-corrected chi connectivity index (χ2v) is 5.57. The molecule has 4 amide bonds. The first-order valence-electron chi connectivity index (χ1n) is 6.87. The van der Waals surface area contributed by atoms with Crippen LogP contribution in [-0.2, 0) is 14.3 Å². The molecule has 1 heterocycles. The molecule has 0 unspecified atom stereocenters. The Morgan fingerprint density at radius 3 is 2.50 bits per heavy atom. The van der Waals surface area contributed by atoms with Gasteiger partial charge in [-0.2, -0.15) is 0 Å². The highest BCUT2D eigenvalue weighted by molar-refractivity contribution is 6.19. The summed E-state index contributed by atoms with van der Waals surface area (Å²) >= 11 is 0. The maximum Gasteiger partial charge on any atom is 0.330 e. The van der Waals surface area contributed by atoms with Crippen LogP contribution in [-0.4, -0.2) is 68.0 Å². The first-order chi connectivity index (χ1) is 9.47. The van der Waals surface area contributed by atoms with E-state index in [1.807, 2.05) is 19.0 Å². The van der Waals surface area contributed by atoms with Crippen LogP contribution < -0.4 is 5.32 Å². The molecule has 1 saturated heterocycles. The molecule has 1 aliphatic carbocycles. The van der Waals surface area contributed by atoms with Gasteiger partial charge < -0.3 is 9.64 Å². The fourth-order valence-corrected chi connectivity index (χ4v) is 2.41. The van der Waals surface area contributed by atoms with Crippen molar-refractivity contribution in [2.45, 2.75) is 19.3 Å². The maximum absolute atomic E-state index is 12.3. The minimum absolute atomic E-state index is 0.188. The van der Waals surface area contributed by atoms with E-state index in [2.05, 4.69) is 5.32 Å². The zero-order chi connectivity index (χ0) is 14.8. The van der Waals surface area contributed by atoms with E-state index in [0.29, 0.717) is 19.4 Å². The summed E-state index contributed by atoms with van der Waals surface area (Å²) in [6.45, 7) is 1.80. The molecule has 20 heavy (non-hydrogen) atoms. The van der Waals surface area contributed by atoms with Gasteiger partial charge in [-0.1, -0.05) is 6.42 Å². The Hall–Kier alpha value is -1.47. The summed E-state index contributed by atoms with van der Waals surface area (Å²) in [6.07, 6.45) is 1.91. The summed E-state index contributed by atoms with van der Waals surface area (Å²) in [5.41, 5.74) is -0.989. The monoisotopic (exact) mass is 283 g/mol. The van der Waals surface area contributed by atoms with Crippen LogP contribution in [0.1, 0.15) is 19.3 Å². The Morgan fingerprint density at radius 2 is 1.95 bits per heavy atom. The van der Waals surface area contributed by atoms with Crippen LogP contribution in [0.5, 0.6) is 0 Å². The largest absolute Gasteiger partial charge is 0.378 e. The first-order valence-corrected chi connectivity index (χ1v) is 6.87. The molecule has 1 aliphatic heterocycles. The molecular formula is C13H21N3O4. The lowest BCUT2D eigenvalue weighted by Gasteiger charge is -2.44. The molecule has 0 aromatic carbocycles. The van der Waals surface area contributed by atoms with Gasteiger partial charge in [0.1, 0.15) is 5.41 Å². The van der Waals surface area contributed by atoms with Gasteiger partial charge in [0, 0.05) is 6.54 Å². The molecule has 2 aliphatic rings. The second-order valence-electron chi connectivity index (χ2n) is 5.57. The summed E-state index contributed by atoms with van der Waals surface area (Å²) in [5, 5.41) is 2.28. The van der Waals surface area contributed by atoms with E-state index in [1.54, 1.807) is 0 Å². The van der Waals surface area contributed by atoms with Crippen molar-refractivity contribution in [3.8, 4) is 0 Å². The lowest BCUT2D eigenvalue weighted by molar-refractivity contribution is -0.158. The molecular weight excluding hydrogens is 262 g/mol. The number of nitrogens with one attached hydrogen (secondary N) is 1. The quantitative estimate of drug-likeness (QED) is 0.540. The molecule has 0 aromatic heterocycles. The van der Waals surface area contributed by atoms with Crippen LogP contribution in [0.2, 0.25) is 0 Å². The molecule has 112 valence electrons. The average Bonchev–Trinajstić information content (AvgIpc) is 2.30. The van der Waals surface area contributed by atoms with E-state index >= 15 is 0 Å². The molecule has 0 aromatic rings. The lowest BCUT2D eigenvalue weighted by atomic mass is 9.66. The number of amides is 4. The number of carbonyl (C=O) groups is 3. The van der Waals surface area contributed by atoms with Crippen molar-refractivity contribution < 1.29 is 19.1 Å². The fourth-order valence-electron chi connectivity index (χ4n) is 2.41. The molecule has 1 N–H and O–H groups in total. The lowest BCUT2D eigenvalue weighted by Crippen LogP contribution is -2.66. The van der Waals surface area contributed by atoms with E-state index in [-0.39, 0.29) is 19.1 Å². The van der Waals surface area contributed by atoms with Crippen LogP contribution in [0.25, 0.3) is 0 Å². The van der Waals surface area contributed by atoms with Gasteiger partial charge in [0.05, 0.1) is 19.8 Å². The highest BCUT2D eigenvalue weighted by Gasteiger charge is 2.57. The molecule has 2 fully saturated rings. The zero-order valence-corrected chi connectivity index (χ0v) is 12.0. The van der Waals surface area contributed by atoms with E-state index in [9.17, 15) is 14.4 Å². The van der Waals surface area contributed by atoms with E-state index in [4.69, 9.17) is 4.74 Å². The molecule has 0 bridgehead atoms. The van der Waals surface area contributed by atoms with Crippen molar-refractivity contribution in [2.75, 3.05) is 40.4 Å². The standard InChI is InChI=1S/C13H21N3O4/c1-15(2)6-8-20-9-7-16-11(18)13(4-3-5-13)10(17)14-12(16)19/h3-9H2,1-2H3,(H,14,17,19). The van der Waals surface area contributed by atoms with Crippen molar-refractivity contribution in [3.63, 3.8) is 0 Å².